The van der Waals surface area contributed by atoms with E-state index in [-0.39, 0.29) is 11.9 Å². The summed E-state index contributed by atoms with van der Waals surface area (Å²) in [6, 6.07) is 1.09. The summed E-state index contributed by atoms with van der Waals surface area (Å²) in [7, 11) is 10.4. The Labute approximate surface area is 137 Å². The second-order valence-electron chi connectivity index (χ2n) is 8.16. The van der Waals surface area contributed by atoms with Crippen molar-refractivity contribution in [3.05, 3.63) is 0 Å². The van der Waals surface area contributed by atoms with E-state index in [1.807, 2.05) is 14.1 Å². The van der Waals surface area contributed by atoms with Gasteiger partial charge in [0.25, 0.3) is 0 Å². The second-order valence-corrected chi connectivity index (χ2v) is 8.16. The Morgan fingerprint density at radius 2 is 1.82 bits per heavy atom. The standard InChI is InChI=1S/C17H37N4O/c1-14(2)20(12-13-21(5,6)7)11-10-15-8-9-16(18-15)17(22)19(3)4/h14-16,18H,8-13H2,1-7H3/q+1. The zero-order chi connectivity index (χ0) is 16.9. The minimum atomic E-state index is 0.0266. The average molecular weight is 314 g/mol. The molecule has 1 saturated heterocycles. The minimum absolute atomic E-state index is 0.0266. The van der Waals surface area contributed by atoms with Gasteiger partial charge in [-0.25, -0.2) is 0 Å². The maximum Gasteiger partial charge on any atom is 0.239 e. The molecule has 1 aliphatic heterocycles. The van der Waals surface area contributed by atoms with Crippen LogP contribution in [-0.2, 0) is 4.79 Å². The molecule has 0 radical (unpaired) electrons. The molecule has 22 heavy (non-hydrogen) atoms. The van der Waals surface area contributed by atoms with Gasteiger partial charge in [0, 0.05) is 39.3 Å². The lowest BCUT2D eigenvalue weighted by Gasteiger charge is -2.32. The molecule has 1 heterocycles. The van der Waals surface area contributed by atoms with Crippen LogP contribution in [0.25, 0.3) is 0 Å². The number of hydrogen-bond acceptors (Lipinski definition) is 3. The molecule has 0 saturated carbocycles. The quantitative estimate of drug-likeness (QED) is 0.679. The summed E-state index contributed by atoms with van der Waals surface area (Å²) in [4.78, 5) is 16.3. The summed E-state index contributed by atoms with van der Waals surface area (Å²) < 4.78 is 1.00. The molecule has 5 heteroatoms. The van der Waals surface area contributed by atoms with Gasteiger partial charge in [0.15, 0.2) is 0 Å². The molecule has 0 spiro atoms. The van der Waals surface area contributed by atoms with Crippen LogP contribution in [-0.4, -0.2) is 93.2 Å². The number of likely N-dealkylation sites (N-methyl/N-ethyl adjacent to an activating group) is 2. The fourth-order valence-electron chi connectivity index (χ4n) is 2.93. The number of nitrogens with zero attached hydrogens (tertiary/aromatic N) is 3. The first kappa shape index (κ1) is 19.4. The number of quaternary nitrogens is 1. The first-order valence-corrected chi connectivity index (χ1v) is 8.62. The highest BCUT2D eigenvalue weighted by Crippen LogP contribution is 2.17. The van der Waals surface area contributed by atoms with Gasteiger partial charge >= 0.3 is 0 Å². The van der Waals surface area contributed by atoms with Crippen LogP contribution >= 0.6 is 0 Å². The Morgan fingerprint density at radius 3 is 2.32 bits per heavy atom. The molecule has 0 bridgehead atoms. The maximum atomic E-state index is 12.0. The van der Waals surface area contributed by atoms with Crippen molar-refractivity contribution in [3.63, 3.8) is 0 Å². The SMILES string of the molecule is CC(C)N(CCC1CCC(C(=O)N(C)C)N1)CC[N+](C)(C)C. The van der Waals surface area contributed by atoms with Gasteiger partial charge in [0.05, 0.1) is 33.7 Å². The largest absolute Gasteiger partial charge is 0.347 e. The van der Waals surface area contributed by atoms with Crippen molar-refractivity contribution in [1.29, 1.82) is 0 Å². The lowest BCUT2D eigenvalue weighted by atomic mass is 10.1. The van der Waals surface area contributed by atoms with E-state index in [4.69, 9.17) is 0 Å². The van der Waals surface area contributed by atoms with Crippen molar-refractivity contribution in [2.24, 2.45) is 0 Å². The van der Waals surface area contributed by atoms with Crippen molar-refractivity contribution in [2.45, 2.75) is 51.2 Å². The monoisotopic (exact) mass is 313 g/mol. The van der Waals surface area contributed by atoms with Gasteiger partial charge in [-0.15, -0.1) is 0 Å². The van der Waals surface area contributed by atoms with Crippen LogP contribution in [0.5, 0.6) is 0 Å². The molecule has 2 unspecified atom stereocenters. The van der Waals surface area contributed by atoms with Crippen LogP contribution in [0.4, 0.5) is 0 Å². The first-order chi connectivity index (χ1) is 10.1. The molecule has 2 atom stereocenters. The van der Waals surface area contributed by atoms with Gasteiger partial charge < -0.3 is 14.7 Å². The van der Waals surface area contributed by atoms with Gasteiger partial charge in [-0.3, -0.25) is 9.69 Å². The van der Waals surface area contributed by atoms with E-state index < -0.39 is 0 Å². The predicted molar refractivity (Wildman–Crippen MR) is 92.9 cm³/mol. The molecule has 5 nitrogen and oxygen atoms in total. The van der Waals surface area contributed by atoms with Gasteiger partial charge in [0.1, 0.15) is 0 Å². The molecule has 130 valence electrons. The van der Waals surface area contributed by atoms with E-state index in [1.165, 1.54) is 0 Å². The third-order valence-corrected chi connectivity index (χ3v) is 4.53. The van der Waals surface area contributed by atoms with E-state index in [9.17, 15) is 4.79 Å². The van der Waals surface area contributed by atoms with Crippen LogP contribution < -0.4 is 5.32 Å². The highest BCUT2D eigenvalue weighted by molar-refractivity contribution is 5.81. The summed E-state index contributed by atoms with van der Waals surface area (Å²) in [5.41, 5.74) is 0. The smallest absolute Gasteiger partial charge is 0.239 e. The van der Waals surface area contributed by atoms with E-state index >= 15 is 0 Å². The van der Waals surface area contributed by atoms with Crippen molar-refractivity contribution < 1.29 is 9.28 Å². The summed E-state index contributed by atoms with van der Waals surface area (Å²) in [6.07, 6.45) is 3.22. The van der Waals surface area contributed by atoms with E-state index in [0.717, 1.165) is 43.4 Å². The molecular weight excluding hydrogens is 276 g/mol. The first-order valence-electron chi connectivity index (χ1n) is 8.62. The Kier molecular flexibility index (Phi) is 7.29. The topological polar surface area (TPSA) is 35.6 Å². The van der Waals surface area contributed by atoms with Gasteiger partial charge in [-0.1, -0.05) is 0 Å². The van der Waals surface area contributed by atoms with E-state index in [1.54, 1.807) is 4.90 Å². The number of hydrogen-bond donors (Lipinski definition) is 1. The normalized spacial score (nSPS) is 22.6. The molecule has 1 rings (SSSR count). The minimum Gasteiger partial charge on any atom is -0.347 e. The molecule has 1 amide bonds. The molecule has 1 N–H and O–H groups in total. The summed E-state index contributed by atoms with van der Waals surface area (Å²) in [6.45, 7) is 7.95. The lowest BCUT2D eigenvalue weighted by molar-refractivity contribution is -0.869. The zero-order valence-corrected chi connectivity index (χ0v) is 15.7. The Morgan fingerprint density at radius 1 is 1.18 bits per heavy atom. The van der Waals surface area contributed by atoms with Crippen LogP contribution in [0.2, 0.25) is 0 Å². The molecule has 0 aromatic carbocycles. The van der Waals surface area contributed by atoms with Gasteiger partial charge in [-0.2, -0.15) is 0 Å². The molecule has 0 aliphatic carbocycles. The lowest BCUT2D eigenvalue weighted by Crippen LogP contribution is -2.46. The van der Waals surface area contributed by atoms with Crippen molar-refractivity contribution in [1.82, 2.24) is 15.1 Å². The third-order valence-electron chi connectivity index (χ3n) is 4.53. The van der Waals surface area contributed by atoms with Crippen molar-refractivity contribution in [2.75, 3.05) is 54.9 Å². The van der Waals surface area contributed by atoms with E-state index in [2.05, 4.69) is 45.2 Å². The Hall–Kier alpha value is -0.650. The molecule has 1 fully saturated rings. The second kappa shape index (κ2) is 8.27. The molecule has 1 aliphatic rings. The number of carbonyl (C=O) groups excluding carboxylic acids is 1. The molecule has 0 aromatic heterocycles. The summed E-state index contributed by atoms with van der Waals surface area (Å²) >= 11 is 0. The number of rotatable bonds is 8. The van der Waals surface area contributed by atoms with Crippen molar-refractivity contribution >= 4 is 5.91 Å². The van der Waals surface area contributed by atoms with Gasteiger partial charge in [0.2, 0.25) is 5.91 Å². The summed E-state index contributed by atoms with van der Waals surface area (Å²) in [5.74, 6) is 0.216. The zero-order valence-electron chi connectivity index (χ0n) is 15.7. The highest BCUT2D eigenvalue weighted by atomic mass is 16.2. The third kappa shape index (κ3) is 6.63. The fraction of sp³-hybridized carbons (Fsp3) is 0.941. The van der Waals surface area contributed by atoms with Crippen LogP contribution in [0.15, 0.2) is 0 Å². The number of nitrogens with one attached hydrogen (secondary N) is 1. The number of carbonyl (C=O) groups is 1. The van der Waals surface area contributed by atoms with Crippen LogP contribution in [0.3, 0.4) is 0 Å². The summed E-state index contributed by atoms with van der Waals surface area (Å²) in [5, 5.41) is 3.52. The number of amides is 1. The van der Waals surface area contributed by atoms with E-state index in [0.29, 0.717) is 12.1 Å². The van der Waals surface area contributed by atoms with Gasteiger partial charge in [-0.05, 0) is 33.1 Å². The van der Waals surface area contributed by atoms with Crippen molar-refractivity contribution in [3.8, 4) is 0 Å². The molecular formula is C17H37N4O+. The Bertz CT molecular complexity index is 349. The average Bonchev–Trinajstić information content (AvgIpc) is 2.84. The predicted octanol–water partition coefficient (Wildman–Crippen LogP) is 1.00. The molecule has 0 aromatic rings. The Balaban J connectivity index is 2.38. The highest BCUT2D eigenvalue weighted by Gasteiger charge is 2.30. The fourth-order valence-corrected chi connectivity index (χ4v) is 2.93. The van der Waals surface area contributed by atoms with Crippen LogP contribution in [0.1, 0.15) is 33.1 Å². The van der Waals surface area contributed by atoms with Crippen LogP contribution in [0, 0.1) is 0 Å². The maximum absolute atomic E-state index is 12.0.